The first-order valence-corrected chi connectivity index (χ1v) is 21.3. The topological polar surface area (TPSA) is 38.7 Å². The van der Waals surface area contributed by atoms with Gasteiger partial charge in [-0.15, -0.1) is 0 Å². The SMILES string of the molecule is C[Si](C)(C)c1ccc(-c2cccc(-c3cccc(-c4cccc(-c5nc(-c6ccccc6)nc(-c6cccc(-c7ccccc7)c6)n5)c4)c3)c2)cc1. The van der Waals surface area contributed by atoms with Gasteiger partial charge in [0.2, 0.25) is 0 Å². The van der Waals surface area contributed by atoms with Crippen molar-refractivity contribution in [1.82, 2.24) is 15.0 Å². The molecule has 0 unspecified atom stereocenters. The predicted octanol–water partition coefficient (Wildman–Crippen LogP) is 12.1. The first-order valence-electron chi connectivity index (χ1n) is 17.8. The minimum atomic E-state index is -1.35. The van der Waals surface area contributed by atoms with E-state index in [1.165, 1.54) is 27.4 Å². The molecule has 3 nitrogen and oxygen atoms in total. The summed E-state index contributed by atoms with van der Waals surface area (Å²) >= 11 is 0. The molecule has 250 valence electrons. The Hall–Kier alpha value is -6.23. The van der Waals surface area contributed by atoms with Crippen LogP contribution in [0.2, 0.25) is 19.6 Å². The zero-order valence-corrected chi connectivity index (χ0v) is 30.7. The van der Waals surface area contributed by atoms with Gasteiger partial charge in [0, 0.05) is 16.7 Å². The van der Waals surface area contributed by atoms with Crippen LogP contribution in [-0.4, -0.2) is 23.0 Å². The van der Waals surface area contributed by atoms with Crippen LogP contribution < -0.4 is 5.19 Å². The minimum absolute atomic E-state index is 0.639. The van der Waals surface area contributed by atoms with E-state index < -0.39 is 8.07 Å². The van der Waals surface area contributed by atoms with Gasteiger partial charge in [-0.05, 0) is 68.8 Å². The highest BCUT2D eigenvalue weighted by atomic mass is 28.3. The van der Waals surface area contributed by atoms with Gasteiger partial charge < -0.3 is 0 Å². The lowest BCUT2D eigenvalue weighted by molar-refractivity contribution is 1.07. The monoisotopic (exact) mass is 685 g/mol. The maximum absolute atomic E-state index is 5.07. The second-order valence-electron chi connectivity index (χ2n) is 14.2. The van der Waals surface area contributed by atoms with Crippen molar-refractivity contribution >= 4 is 13.3 Å². The number of nitrogens with zero attached hydrogens (tertiary/aromatic N) is 3. The van der Waals surface area contributed by atoms with Crippen molar-refractivity contribution in [3.05, 3.63) is 182 Å². The van der Waals surface area contributed by atoms with E-state index in [-0.39, 0.29) is 0 Å². The third-order valence-electron chi connectivity index (χ3n) is 9.49. The highest BCUT2D eigenvalue weighted by molar-refractivity contribution is 6.88. The van der Waals surface area contributed by atoms with Crippen molar-refractivity contribution in [1.29, 1.82) is 0 Å². The van der Waals surface area contributed by atoms with Gasteiger partial charge in [-0.2, -0.15) is 0 Å². The highest BCUT2D eigenvalue weighted by Crippen LogP contribution is 2.33. The molecule has 1 heterocycles. The molecule has 52 heavy (non-hydrogen) atoms. The van der Waals surface area contributed by atoms with Crippen LogP contribution in [0.4, 0.5) is 0 Å². The Morgan fingerprint density at radius 1 is 0.269 bits per heavy atom. The first kappa shape index (κ1) is 32.9. The summed E-state index contributed by atoms with van der Waals surface area (Å²) in [6, 6.07) is 64.2. The second-order valence-corrected chi connectivity index (χ2v) is 19.3. The molecule has 0 saturated heterocycles. The molecule has 0 radical (unpaired) electrons. The molecule has 0 spiro atoms. The zero-order valence-electron chi connectivity index (χ0n) is 29.7. The van der Waals surface area contributed by atoms with Crippen LogP contribution in [-0.2, 0) is 0 Å². The van der Waals surface area contributed by atoms with Crippen molar-refractivity contribution in [3.63, 3.8) is 0 Å². The van der Waals surface area contributed by atoms with Crippen LogP contribution in [0.1, 0.15) is 0 Å². The fourth-order valence-electron chi connectivity index (χ4n) is 6.58. The fraction of sp³-hybridized carbons (Fsp3) is 0.0625. The van der Waals surface area contributed by atoms with Gasteiger partial charge in [0.05, 0.1) is 8.07 Å². The zero-order chi connectivity index (χ0) is 35.5. The smallest absolute Gasteiger partial charge is 0.164 e. The maximum Gasteiger partial charge on any atom is 0.164 e. The van der Waals surface area contributed by atoms with E-state index in [1.54, 1.807) is 0 Å². The van der Waals surface area contributed by atoms with Gasteiger partial charge >= 0.3 is 0 Å². The molecule has 0 fully saturated rings. The second kappa shape index (κ2) is 14.2. The summed E-state index contributed by atoms with van der Waals surface area (Å²) in [5, 5.41) is 1.48. The van der Waals surface area contributed by atoms with E-state index in [4.69, 9.17) is 15.0 Å². The number of hydrogen-bond acceptors (Lipinski definition) is 3. The summed E-state index contributed by atoms with van der Waals surface area (Å²) in [5.74, 6) is 1.93. The average Bonchev–Trinajstić information content (AvgIpc) is 3.21. The molecular formula is C48H39N3Si. The van der Waals surface area contributed by atoms with E-state index in [2.05, 4.69) is 165 Å². The summed E-state index contributed by atoms with van der Waals surface area (Å²) in [5.41, 5.74) is 12.2. The average molecular weight is 686 g/mol. The largest absolute Gasteiger partial charge is 0.208 e. The lowest BCUT2D eigenvalue weighted by Crippen LogP contribution is -2.37. The fourth-order valence-corrected chi connectivity index (χ4v) is 7.74. The Kier molecular flexibility index (Phi) is 8.98. The summed E-state index contributed by atoms with van der Waals surface area (Å²) in [4.78, 5) is 15.1. The number of benzene rings is 7. The van der Waals surface area contributed by atoms with Crippen molar-refractivity contribution in [3.8, 4) is 78.7 Å². The van der Waals surface area contributed by atoms with Gasteiger partial charge in [-0.1, -0.05) is 183 Å². The Morgan fingerprint density at radius 3 is 0.962 bits per heavy atom. The number of aromatic nitrogens is 3. The van der Waals surface area contributed by atoms with Crippen molar-refractivity contribution in [2.45, 2.75) is 19.6 Å². The normalized spacial score (nSPS) is 11.4. The van der Waals surface area contributed by atoms with Crippen LogP contribution in [0.25, 0.3) is 78.7 Å². The summed E-state index contributed by atoms with van der Waals surface area (Å²) in [6.07, 6.45) is 0. The van der Waals surface area contributed by atoms with Gasteiger partial charge in [0.15, 0.2) is 17.5 Å². The molecule has 0 saturated carbocycles. The molecule has 0 amide bonds. The summed E-state index contributed by atoms with van der Waals surface area (Å²) < 4.78 is 0. The molecule has 0 aliphatic rings. The van der Waals surface area contributed by atoms with Crippen LogP contribution in [0, 0.1) is 0 Å². The van der Waals surface area contributed by atoms with E-state index in [1.807, 2.05) is 36.4 Å². The minimum Gasteiger partial charge on any atom is -0.208 e. The van der Waals surface area contributed by atoms with E-state index in [0.29, 0.717) is 17.5 Å². The molecule has 0 aliphatic heterocycles. The van der Waals surface area contributed by atoms with E-state index in [9.17, 15) is 0 Å². The maximum atomic E-state index is 5.07. The molecule has 0 N–H and O–H groups in total. The van der Waals surface area contributed by atoms with Crippen molar-refractivity contribution in [2.75, 3.05) is 0 Å². The van der Waals surface area contributed by atoms with Gasteiger partial charge in [-0.25, -0.2) is 15.0 Å². The van der Waals surface area contributed by atoms with E-state index >= 15 is 0 Å². The molecule has 8 rings (SSSR count). The van der Waals surface area contributed by atoms with Crippen molar-refractivity contribution in [2.24, 2.45) is 0 Å². The van der Waals surface area contributed by atoms with Gasteiger partial charge in [-0.3, -0.25) is 0 Å². The molecule has 8 aromatic rings. The van der Waals surface area contributed by atoms with Crippen molar-refractivity contribution < 1.29 is 0 Å². The third kappa shape index (κ3) is 7.16. The Labute approximate surface area is 307 Å². The molecule has 0 aliphatic carbocycles. The lowest BCUT2D eigenvalue weighted by Gasteiger charge is -2.17. The summed E-state index contributed by atoms with van der Waals surface area (Å²) in [6.45, 7) is 7.17. The van der Waals surface area contributed by atoms with Crippen LogP contribution in [0.15, 0.2) is 182 Å². The summed E-state index contributed by atoms with van der Waals surface area (Å²) in [7, 11) is -1.35. The predicted molar refractivity (Wildman–Crippen MR) is 221 cm³/mol. The van der Waals surface area contributed by atoms with Gasteiger partial charge in [0.1, 0.15) is 0 Å². The van der Waals surface area contributed by atoms with Crippen LogP contribution in [0.3, 0.4) is 0 Å². The Morgan fingerprint density at radius 2 is 0.558 bits per heavy atom. The molecular weight excluding hydrogens is 647 g/mol. The number of rotatable bonds is 8. The number of hydrogen-bond donors (Lipinski definition) is 0. The Bertz CT molecular complexity index is 2480. The molecule has 0 bridgehead atoms. The standard InChI is InChI=1S/C48H39N3Si/c1-52(2,3)45-28-26-35(27-29-45)37-18-10-20-39(30-37)40-21-11-22-41(31-40)42-23-13-25-44(33-42)48-50-46(36-16-8-5-9-17-36)49-47(51-48)43-24-12-19-38(32-43)34-14-6-4-7-15-34/h4-33H,1-3H3. The first-order chi connectivity index (χ1) is 25.4. The van der Waals surface area contributed by atoms with Crippen LogP contribution in [0.5, 0.6) is 0 Å². The molecule has 0 atom stereocenters. The van der Waals surface area contributed by atoms with E-state index in [0.717, 1.165) is 38.9 Å². The van der Waals surface area contributed by atoms with Gasteiger partial charge in [0.25, 0.3) is 0 Å². The lowest BCUT2D eigenvalue weighted by atomic mass is 9.95. The quantitative estimate of drug-likeness (QED) is 0.149. The van der Waals surface area contributed by atoms with Crippen LogP contribution >= 0.6 is 0 Å². The molecule has 1 aromatic heterocycles. The molecule has 4 heteroatoms. The molecule has 7 aromatic carbocycles. The highest BCUT2D eigenvalue weighted by Gasteiger charge is 2.16. The Balaban J connectivity index is 1.15. The third-order valence-corrected chi connectivity index (χ3v) is 11.6.